The quantitative estimate of drug-likeness (QED) is 0.805. The molecule has 1 saturated carbocycles. The first kappa shape index (κ1) is 18.0. The zero-order valence-corrected chi connectivity index (χ0v) is 15.1. The Morgan fingerprint density at radius 2 is 1.88 bits per heavy atom. The molecule has 136 valence electrons. The third-order valence-electron chi connectivity index (χ3n) is 4.57. The highest BCUT2D eigenvalue weighted by Crippen LogP contribution is 2.41. The van der Waals surface area contributed by atoms with Crippen molar-refractivity contribution < 1.29 is 14.3 Å². The first-order valence-electron chi connectivity index (χ1n) is 8.85. The molecular weight excluding hydrogens is 328 g/mol. The Kier molecular flexibility index (Phi) is 5.56. The third kappa shape index (κ3) is 4.63. The van der Waals surface area contributed by atoms with E-state index in [1.807, 2.05) is 43.3 Å². The number of aryl methyl sites for hydroxylation is 1. The van der Waals surface area contributed by atoms with E-state index in [0.29, 0.717) is 11.5 Å². The van der Waals surface area contributed by atoms with Gasteiger partial charge in [-0.05, 0) is 55.5 Å². The number of carbonyl (C=O) groups excluding carboxylic acids is 2. The highest BCUT2D eigenvalue weighted by Gasteiger charge is 2.33. The van der Waals surface area contributed by atoms with Crippen molar-refractivity contribution in [1.82, 2.24) is 10.6 Å². The second-order valence-electron chi connectivity index (χ2n) is 6.71. The lowest BCUT2D eigenvalue weighted by atomic mass is 10.0. The van der Waals surface area contributed by atoms with Crippen LogP contribution >= 0.6 is 0 Å². The van der Waals surface area contributed by atoms with Crippen molar-refractivity contribution in [3.63, 3.8) is 0 Å². The number of ether oxygens (including phenoxy) is 1. The molecule has 26 heavy (non-hydrogen) atoms. The molecule has 1 atom stereocenters. The average molecular weight is 352 g/mol. The Labute approximate surface area is 153 Å². The summed E-state index contributed by atoms with van der Waals surface area (Å²) in [4.78, 5) is 24.5. The molecule has 2 N–H and O–H groups in total. The minimum atomic E-state index is -0.240. The number of hydrogen-bond acceptors (Lipinski definition) is 3. The smallest absolute Gasteiger partial charge is 0.251 e. The van der Waals surface area contributed by atoms with Crippen LogP contribution in [0.2, 0.25) is 0 Å². The van der Waals surface area contributed by atoms with E-state index in [0.717, 1.165) is 29.7 Å². The maximum atomic E-state index is 12.3. The number of amides is 2. The van der Waals surface area contributed by atoms with E-state index < -0.39 is 0 Å². The van der Waals surface area contributed by atoms with Gasteiger partial charge in [-0.3, -0.25) is 9.59 Å². The fourth-order valence-corrected chi connectivity index (χ4v) is 2.99. The Balaban J connectivity index is 1.57. The molecule has 1 fully saturated rings. The van der Waals surface area contributed by atoms with E-state index in [2.05, 4.69) is 10.6 Å². The Hall–Kier alpha value is -2.82. The van der Waals surface area contributed by atoms with Crippen LogP contribution in [-0.4, -0.2) is 25.5 Å². The van der Waals surface area contributed by atoms with Gasteiger partial charge in [0.25, 0.3) is 5.91 Å². The SMILES string of the molecule is COc1ccc(C(NC(=O)CNC(=O)c2cccc(C)c2)C2CC2)cc1. The normalized spacial score (nSPS) is 14.4. The van der Waals surface area contributed by atoms with E-state index in [9.17, 15) is 9.59 Å². The summed E-state index contributed by atoms with van der Waals surface area (Å²) in [6, 6.07) is 15.0. The number of carbonyl (C=O) groups is 2. The van der Waals surface area contributed by atoms with Crippen molar-refractivity contribution in [2.45, 2.75) is 25.8 Å². The fraction of sp³-hybridized carbons (Fsp3) is 0.333. The summed E-state index contributed by atoms with van der Waals surface area (Å²) in [5.74, 6) is 0.829. The van der Waals surface area contributed by atoms with E-state index in [1.54, 1.807) is 19.2 Å². The third-order valence-corrected chi connectivity index (χ3v) is 4.57. The molecule has 0 saturated heterocycles. The number of hydrogen-bond donors (Lipinski definition) is 2. The highest BCUT2D eigenvalue weighted by molar-refractivity contribution is 5.96. The van der Waals surface area contributed by atoms with Crippen molar-refractivity contribution in [1.29, 1.82) is 0 Å². The summed E-state index contributed by atoms with van der Waals surface area (Å²) in [6.07, 6.45) is 2.21. The van der Waals surface area contributed by atoms with E-state index in [1.165, 1.54) is 0 Å². The molecule has 1 unspecified atom stereocenters. The predicted molar refractivity (Wildman–Crippen MR) is 100 cm³/mol. The van der Waals surface area contributed by atoms with Crippen LogP contribution in [0.3, 0.4) is 0 Å². The second kappa shape index (κ2) is 8.04. The number of benzene rings is 2. The molecule has 5 nitrogen and oxygen atoms in total. The molecule has 0 radical (unpaired) electrons. The van der Waals surface area contributed by atoms with Crippen LogP contribution in [0.15, 0.2) is 48.5 Å². The summed E-state index contributed by atoms with van der Waals surface area (Å²) in [7, 11) is 1.63. The van der Waals surface area contributed by atoms with Crippen LogP contribution in [0, 0.1) is 12.8 Å². The van der Waals surface area contributed by atoms with Gasteiger partial charge in [0.1, 0.15) is 5.75 Å². The molecule has 0 aliphatic heterocycles. The Morgan fingerprint density at radius 3 is 2.50 bits per heavy atom. The van der Waals surface area contributed by atoms with Gasteiger partial charge < -0.3 is 15.4 Å². The fourth-order valence-electron chi connectivity index (χ4n) is 2.99. The topological polar surface area (TPSA) is 67.4 Å². The number of methoxy groups -OCH3 is 1. The van der Waals surface area contributed by atoms with Gasteiger partial charge in [0.05, 0.1) is 19.7 Å². The Bertz CT molecular complexity index is 782. The lowest BCUT2D eigenvalue weighted by molar-refractivity contribution is -0.121. The molecule has 1 aliphatic rings. The lowest BCUT2D eigenvalue weighted by Crippen LogP contribution is -2.39. The van der Waals surface area contributed by atoms with Crippen LogP contribution in [0.4, 0.5) is 0 Å². The first-order chi connectivity index (χ1) is 12.6. The summed E-state index contributed by atoms with van der Waals surface area (Å²) in [5.41, 5.74) is 2.63. The van der Waals surface area contributed by atoms with Crippen molar-refractivity contribution in [2.24, 2.45) is 5.92 Å². The van der Waals surface area contributed by atoms with Gasteiger partial charge in [0.2, 0.25) is 5.91 Å². The van der Waals surface area contributed by atoms with Crippen LogP contribution < -0.4 is 15.4 Å². The van der Waals surface area contributed by atoms with Gasteiger partial charge in [-0.2, -0.15) is 0 Å². The molecule has 5 heteroatoms. The molecule has 3 rings (SSSR count). The molecule has 0 aromatic heterocycles. The van der Waals surface area contributed by atoms with Crippen molar-refractivity contribution in [3.05, 3.63) is 65.2 Å². The molecule has 0 spiro atoms. The van der Waals surface area contributed by atoms with Crippen molar-refractivity contribution >= 4 is 11.8 Å². The standard InChI is InChI=1S/C21H24N2O3/c1-14-4-3-5-17(12-14)21(25)22-13-19(24)23-20(15-6-7-15)16-8-10-18(26-2)11-9-16/h3-5,8-12,15,20H,6-7,13H2,1-2H3,(H,22,25)(H,23,24). The van der Waals surface area contributed by atoms with Gasteiger partial charge in [0.15, 0.2) is 0 Å². The van der Waals surface area contributed by atoms with Crippen LogP contribution in [0.25, 0.3) is 0 Å². The maximum Gasteiger partial charge on any atom is 0.251 e. The summed E-state index contributed by atoms with van der Waals surface area (Å²) < 4.78 is 5.19. The van der Waals surface area contributed by atoms with Gasteiger partial charge in [-0.15, -0.1) is 0 Å². The summed E-state index contributed by atoms with van der Waals surface area (Å²) >= 11 is 0. The van der Waals surface area contributed by atoms with E-state index in [4.69, 9.17) is 4.74 Å². The molecule has 2 aromatic rings. The van der Waals surface area contributed by atoms with Gasteiger partial charge >= 0.3 is 0 Å². The zero-order chi connectivity index (χ0) is 18.5. The highest BCUT2D eigenvalue weighted by atomic mass is 16.5. The molecule has 2 aromatic carbocycles. The van der Waals surface area contributed by atoms with Crippen LogP contribution in [0.5, 0.6) is 5.75 Å². The van der Waals surface area contributed by atoms with E-state index >= 15 is 0 Å². The largest absolute Gasteiger partial charge is 0.497 e. The summed E-state index contributed by atoms with van der Waals surface area (Å²) in [5, 5.41) is 5.75. The zero-order valence-electron chi connectivity index (χ0n) is 15.1. The number of nitrogens with one attached hydrogen (secondary N) is 2. The first-order valence-corrected chi connectivity index (χ1v) is 8.85. The molecular formula is C21H24N2O3. The predicted octanol–water partition coefficient (Wildman–Crippen LogP) is 3.00. The molecule has 0 bridgehead atoms. The average Bonchev–Trinajstić information content (AvgIpc) is 3.49. The van der Waals surface area contributed by atoms with Gasteiger partial charge in [0, 0.05) is 5.56 Å². The van der Waals surface area contributed by atoms with Crippen molar-refractivity contribution in [3.8, 4) is 5.75 Å². The minimum Gasteiger partial charge on any atom is -0.497 e. The van der Waals surface area contributed by atoms with E-state index in [-0.39, 0.29) is 24.4 Å². The number of rotatable bonds is 7. The van der Waals surface area contributed by atoms with Gasteiger partial charge in [-0.1, -0.05) is 29.8 Å². The molecule has 2 amide bonds. The molecule has 0 heterocycles. The lowest BCUT2D eigenvalue weighted by Gasteiger charge is -2.19. The van der Waals surface area contributed by atoms with Crippen LogP contribution in [-0.2, 0) is 4.79 Å². The Morgan fingerprint density at radius 1 is 1.15 bits per heavy atom. The summed E-state index contributed by atoms with van der Waals surface area (Å²) in [6.45, 7) is 1.89. The maximum absolute atomic E-state index is 12.3. The van der Waals surface area contributed by atoms with Crippen molar-refractivity contribution in [2.75, 3.05) is 13.7 Å². The minimum absolute atomic E-state index is 0.0238. The van der Waals surface area contributed by atoms with Crippen LogP contribution in [0.1, 0.15) is 40.4 Å². The van der Waals surface area contributed by atoms with Gasteiger partial charge in [-0.25, -0.2) is 0 Å². The monoisotopic (exact) mass is 352 g/mol. The second-order valence-corrected chi connectivity index (χ2v) is 6.71. The molecule has 1 aliphatic carbocycles.